The molecule has 0 spiro atoms. The fraction of sp³-hybridized carbons (Fsp3) is 0.0526. The van der Waals surface area contributed by atoms with E-state index in [9.17, 15) is 33.4 Å². The van der Waals surface area contributed by atoms with Crippen LogP contribution in [-0.4, -0.2) is 34.2 Å². The van der Waals surface area contributed by atoms with Crippen LogP contribution in [-0.2, 0) is 10.0 Å². The van der Waals surface area contributed by atoms with E-state index in [2.05, 4.69) is 9.82 Å². The van der Waals surface area contributed by atoms with Crippen molar-refractivity contribution >= 4 is 54.7 Å². The van der Waals surface area contributed by atoms with E-state index in [1.807, 2.05) is 30.3 Å². The highest BCUT2D eigenvalue weighted by molar-refractivity contribution is 7.99. The van der Waals surface area contributed by atoms with E-state index in [1.165, 1.54) is 11.3 Å². The molecule has 0 fully saturated rings. The number of nitrogens with one attached hydrogen (secondary N) is 1. The van der Waals surface area contributed by atoms with Crippen molar-refractivity contribution in [2.24, 2.45) is 0 Å². The molecule has 0 bridgehead atoms. The van der Waals surface area contributed by atoms with Crippen LogP contribution in [0.5, 0.6) is 0 Å². The molecule has 0 aliphatic heterocycles. The molecule has 4 aromatic rings. The summed E-state index contributed by atoms with van der Waals surface area (Å²) in [5.41, 5.74) is -0.971. The standard InChI is InChI=1S/C19H13N5O7S3/c1-34(30,31)21-22-18(25)13-10-16(11-5-3-2-4-6-11)32-17(13)20-19(22)33-15-8-7-12(23(26)27)9-14(15)24(28)29/h2-10,21H,1H3. The van der Waals surface area contributed by atoms with Crippen molar-refractivity contribution in [3.05, 3.63) is 85.2 Å². The summed E-state index contributed by atoms with van der Waals surface area (Å²) in [6.07, 6.45) is 0.843. The van der Waals surface area contributed by atoms with Crippen molar-refractivity contribution in [1.82, 2.24) is 9.66 Å². The number of fused-ring (bicyclic) bond motifs is 1. The number of thiophene rings is 1. The first-order chi connectivity index (χ1) is 16.0. The van der Waals surface area contributed by atoms with Crippen molar-refractivity contribution in [3.8, 4) is 10.4 Å². The van der Waals surface area contributed by atoms with Gasteiger partial charge in [-0.3, -0.25) is 25.0 Å². The molecule has 12 nitrogen and oxygen atoms in total. The van der Waals surface area contributed by atoms with Gasteiger partial charge in [-0.25, -0.2) is 18.2 Å². The smallest absolute Gasteiger partial charge is 0.267 e. The molecule has 1 N–H and O–H groups in total. The van der Waals surface area contributed by atoms with Crippen LogP contribution in [0.2, 0.25) is 0 Å². The van der Waals surface area contributed by atoms with E-state index in [-0.39, 0.29) is 15.4 Å². The van der Waals surface area contributed by atoms with Crippen LogP contribution < -0.4 is 10.4 Å². The fourth-order valence-corrected chi connectivity index (χ4v) is 5.54. The molecule has 2 aromatic heterocycles. The molecule has 4 rings (SSSR count). The van der Waals surface area contributed by atoms with Gasteiger partial charge in [0.05, 0.1) is 32.5 Å². The predicted molar refractivity (Wildman–Crippen MR) is 127 cm³/mol. The third-order valence-corrected chi connectivity index (χ3v) is 7.01. The molecule has 0 amide bonds. The summed E-state index contributed by atoms with van der Waals surface area (Å²) in [6, 6.07) is 13.8. The molecule has 174 valence electrons. The summed E-state index contributed by atoms with van der Waals surface area (Å²) in [4.78, 5) is 41.5. The summed E-state index contributed by atoms with van der Waals surface area (Å²) in [5.74, 6) is 0. The van der Waals surface area contributed by atoms with Gasteiger partial charge in [-0.2, -0.15) is 4.68 Å². The summed E-state index contributed by atoms with van der Waals surface area (Å²) >= 11 is 1.83. The molecule has 0 saturated carbocycles. The summed E-state index contributed by atoms with van der Waals surface area (Å²) in [7, 11) is -3.93. The van der Waals surface area contributed by atoms with Crippen molar-refractivity contribution in [2.45, 2.75) is 10.1 Å². The molecule has 2 aromatic carbocycles. The average Bonchev–Trinajstić information content (AvgIpc) is 3.20. The van der Waals surface area contributed by atoms with Crippen LogP contribution in [0.1, 0.15) is 0 Å². The molecule has 0 unspecified atom stereocenters. The maximum atomic E-state index is 13.2. The highest BCUT2D eigenvalue weighted by Gasteiger charge is 2.24. The second-order valence-electron chi connectivity index (χ2n) is 6.86. The number of non-ortho nitro benzene ring substituents is 1. The van der Waals surface area contributed by atoms with E-state index in [4.69, 9.17) is 0 Å². The zero-order chi connectivity index (χ0) is 24.6. The van der Waals surface area contributed by atoms with Gasteiger partial charge in [0.2, 0.25) is 10.0 Å². The third-order valence-electron chi connectivity index (χ3n) is 4.40. The Balaban J connectivity index is 1.91. The van der Waals surface area contributed by atoms with Gasteiger partial charge < -0.3 is 0 Å². The molecule has 0 radical (unpaired) electrons. The summed E-state index contributed by atoms with van der Waals surface area (Å²) in [6.45, 7) is 0. The fourth-order valence-electron chi connectivity index (χ4n) is 2.97. The van der Waals surface area contributed by atoms with E-state index in [1.54, 1.807) is 6.07 Å². The van der Waals surface area contributed by atoms with Gasteiger partial charge in [0.25, 0.3) is 16.9 Å². The number of rotatable bonds is 7. The first-order valence-corrected chi connectivity index (χ1v) is 12.8. The molecule has 0 aliphatic rings. The topological polar surface area (TPSA) is 167 Å². The minimum absolute atomic E-state index is 0.0641. The monoisotopic (exact) mass is 519 g/mol. The zero-order valence-electron chi connectivity index (χ0n) is 17.1. The van der Waals surface area contributed by atoms with Crippen LogP contribution in [0.4, 0.5) is 11.4 Å². The van der Waals surface area contributed by atoms with E-state index < -0.39 is 36.8 Å². The average molecular weight is 520 g/mol. The molecule has 0 saturated heterocycles. The van der Waals surface area contributed by atoms with Gasteiger partial charge in [-0.05, 0) is 29.5 Å². The number of nitrogens with zero attached hydrogens (tertiary/aromatic N) is 4. The van der Waals surface area contributed by atoms with E-state index >= 15 is 0 Å². The van der Waals surface area contributed by atoms with Gasteiger partial charge >= 0.3 is 0 Å². The lowest BCUT2D eigenvalue weighted by Gasteiger charge is -2.12. The number of sulfonamides is 1. The van der Waals surface area contributed by atoms with Crippen molar-refractivity contribution in [3.63, 3.8) is 0 Å². The molecule has 2 heterocycles. The number of aromatic nitrogens is 2. The highest BCUT2D eigenvalue weighted by Crippen LogP contribution is 2.37. The Morgan fingerprint density at radius 1 is 1.06 bits per heavy atom. The van der Waals surface area contributed by atoms with E-state index in [0.29, 0.717) is 21.3 Å². The second kappa shape index (κ2) is 8.85. The molecular formula is C19H13N5O7S3. The Hall–Kier alpha value is -3.82. The van der Waals surface area contributed by atoms with E-state index in [0.717, 1.165) is 34.9 Å². The van der Waals surface area contributed by atoms with Crippen molar-refractivity contribution in [2.75, 3.05) is 11.1 Å². The molecule has 0 atom stereocenters. The van der Waals surface area contributed by atoms with Gasteiger partial charge in [0.15, 0.2) is 5.16 Å². The lowest BCUT2D eigenvalue weighted by atomic mass is 10.2. The van der Waals surface area contributed by atoms with Gasteiger partial charge in [0.1, 0.15) is 4.83 Å². The first-order valence-electron chi connectivity index (χ1n) is 9.24. The molecule has 0 aliphatic carbocycles. The minimum atomic E-state index is -3.93. The van der Waals surface area contributed by atoms with Crippen LogP contribution >= 0.6 is 23.1 Å². The molecular weight excluding hydrogens is 506 g/mol. The quantitative estimate of drug-likeness (QED) is 0.218. The first kappa shape index (κ1) is 23.3. The van der Waals surface area contributed by atoms with Crippen LogP contribution in [0.3, 0.4) is 0 Å². The predicted octanol–water partition coefficient (Wildman–Crippen LogP) is 3.60. The van der Waals surface area contributed by atoms with Gasteiger partial charge in [0, 0.05) is 10.9 Å². The highest BCUT2D eigenvalue weighted by atomic mass is 32.2. The summed E-state index contributed by atoms with van der Waals surface area (Å²) in [5, 5.41) is 22.5. The van der Waals surface area contributed by atoms with Crippen LogP contribution in [0.15, 0.2) is 69.4 Å². The third kappa shape index (κ3) is 4.75. The number of nitro groups is 2. The van der Waals surface area contributed by atoms with Gasteiger partial charge in [-0.1, -0.05) is 30.3 Å². The largest absolute Gasteiger partial charge is 0.290 e. The number of hydrogen-bond donors (Lipinski definition) is 1. The number of nitro benzene ring substituents is 2. The maximum absolute atomic E-state index is 13.2. The molecule has 15 heteroatoms. The van der Waals surface area contributed by atoms with Crippen molar-refractivity contribution < 1.29 is 18.3 Å². The Kier molecular flexibility index (Phi) is 6.07. The Morgan fingerprint density at radius 2 is 1.76 bits per heavy atom. The minimum Gasteiger partial charge on any atom is -0.267 e. The normalized spacial score (nSPS) is 11.4. The van der Waals surface area contributed by atoms with Crippen LogP contribution in [0.25, 0.3) is 20.7 Å². The Bertz CT molecular complexity index is 1610. The lowest BCUT2D eigenvalue weighted by molar-refractivity contribution is -0.396. The maximum Gasteiger partial charge on any atom is 0.290 e. The summed E-state index contributed by atoms with van der Waals surface area (Å²) < 4.78 is 24.5. The Labute approximate surface area is 199 Å². The van der Waals surface area contributed by atoms with Gasteiger partial charge in [-0.15, -0.1) is 11.3 Å². The van der Waals surface area contributed by atoms with Crippen molar-refractivity contribution in [1.29, 1.82) is 0 Å². The second-order valence-corrected chi connectivity index (χ2v) is 10.6. The lowest BCUT2D eigenvalue weighted by Crippen LogP contribution is -2.34. The number of benzene rings is 2. The van der Waals surface area contributed by atoms with Crippen LogP contribution in [0, 0.1) is 20.2 Å². The SMILES string of the molecule is CS(=O)(=O)Nn1c(Sc2ccc([N+](=O)[O-])cc2[N+](=O)[O-])nc2sc(-c3ccccc3)cc2c1=O. The zero-order valence-corrected chi connectivity index (χ0v) is 19.5. The Morgan fingerprint density at radius 3 is 2.38 bits per heavy atom. The number of hydrogen-bond acceptors (Lipinski definition) is 10. The molecule has 34 heavy (non-hydrogen) atoms.